The van der Waals surface area contributed by atoms with Crippen LogP contribution in [0.2, 0.25) is 0 Å². The fourth-order valence-corrected chi connectivity index (χ4v) is 3.04. The summed E-state index contributed by atoms with van der Waals surface area (Å²) in [6.07, 6.45) is 0. The molecule has 0 spiro atoms. The summed E-state index contributed by atoms with van der Waals surface area (Å²) in [5.41, 5.74) is 5.09. The normalized spacial score (nSPS) is 15.2. The minimum absolute atomic E-state index is 0.164. The van der Waals surface area contributed by atoms with Gasteiger partial charge in [-0.15, -0.1) is 0 Å². The van der Waals surface area contributed by atoms with Crippen LogP contribution in [0.1, 0.15) is 16.7 Å². The fraction of sp³-hybridized carbons (Fsp3) is 0.125. The van der Waals surface area contributed by atoms with Crippen molar-refractivity contribution in [3.8, 4) is 0 Å². The number of benzene rings is 2. The number of anilines is 1. The van der Waals surface area contributed by atoms with E-state index in [1.165, 1.54) is 0 Å². The van der Waals surface area contributed by atoms with Crippen molar-refractivity contribution in [3.63, 3.8) is 0 Å². The molecule has 3 rings (SSSR count). The van der Waals surface area contributed by atoms with Crippen molar-refractivity contribution in [2.24, 2.45) is 4.99 Å². The lowest BCUT2D eigenvalue weighted by atomic mass is 10.1. The molecule has 1 aliphatic rings. The van der Waals surface area contributed by atoms with Gasteiger partial charge in [-0.2, -0.15) is 0 Å². The van der Waals surface area contributed by atoms with Crippen LogP contribution in [-0.4, -0.2) is 11.6 Å². The second-order valence-corrected chi connectivity index (χ2v) is 6.69. The van der Waals surface area contributed by atoms with Crippen LogP contribution < -0.4 is 5.32 Å². The van der Waals surface area contributed by atoms with Crippen molar-refractivity contribution >= 4 is 54.9 Å². The zero-order chi connectivity index (χ0) is 15.1. The van der Waals surface area contributed by atoms with Crippen molar-refractivity contribution in [1.82, 2.24) is 0 Å². The summed E-state index contributed by atoms with van der Waals surface area (Å²) in [4.78, 5) is 16.7. The van der Waals surface area contributed by atoms with E-state index < -0.39 is 0 Å². The number of nitrogens with one attached hydrogen (secondary N) is 1. The number of aliphatic imine (C=N–C) groups is 1. The molecule has 2 aromatic carbocycles. The topological polar surface area (TPSA) is 41.5 Å². The summed E-state index contributed by atoms with van der Waals surface area (Å²) in [6.45, 7) is 4.04. The first-order valence-electron chi connectivity index (χ1n) is 6.43. The lowest BCUT2D eigenvalue weighted by Gasteiger charge is -2.07. The van der Waals surface area contributed by atoms with Crippen LogP contribution >= 0.6 is 31.9 Å². The number of carbonyl (C=O) groups is 1. The molecule has 0 atom stereocenters. The Morgan fingerprint density at radius 2 is 1.81 bits per heavy atom. The van der Waals surface area contributed by atoms with E-state index in [0.29, 0.717) is 5.71 Å². The van der Waals surface area contributed by atoms with E-state index in [2.05, 4.69) is 42.2 Å². The lowest BCUT2D eigenvalue weighted by Crippen LogP contribution is -2.14. The van der Waals surface area contributed by atoms with Crippen LogP contribution in [0, 0.1) is 13.8 Å². The Morgan fingerprint density at radius 3 is 2.57 bits per heavy atom. The minimum Gasteiger partial charge on any atom is -0.320 e. The van der Waals surface area contributed by atoms with Crippen molar-refractivity contribution in [3.05, 3.63) is 56.0 Å². The van der Waals surface area contributed by atoms with E-state index in [-0.39, 0.29) is 5.91 Å². The monoisotopic (exact) mass is 406 g/mol. The van der Waals surface area contributed by atoms with E-state index in [1.54, 1.807) is 0 Å². The maximum atomic E-state index is 12.1. The van der Waals surface area contributed by atoms with E-state index in [9.17, 15) is 4.79 Å². The van der Waals surface area contributed by atoms with Crippen LogP contribution in [0.5, 0.6) is 0 Å². The van der Waals surface area contributed by atoms with Crippen LogP contribution in [-0.2, 0) is 4.79 Å². The van der Waals surface area contributed by atoms with Gasteiger partial charge in [0.05, 0.1) is 11.4 Å². The second-order valence-electron chi connectivity index (χ2n) is 4.92. The molecule has 1 amide bonds. The highest BCUT2D eigenvalue weighted by Gasteiger charge is 2.26. The number of halogens is 2. The highest BCUT2D eigenvalue weighted by molar-refractivity contribution is 9.10. The molecule has 1 aliphatic heterocycles. The lowest BCUT2D eigenvalue weighted by molar-refractivity contribution is -0.110. The predicted molar refractivity (Wildman–Crippen MR) is 92.6 cm³/mol. The molecule has 2 aromatic rings. The first kappa shape index (κ1) is 14.5. The summed E-state index contributed by atoms with van der Waals surface area (Å²) in [7, 11) is 0. The SMILES string of the molecule is Cc1c(Br)ccc(N=C2C(=O)Nc3ccc(Br)cc32)c1C. The van der Waals surface area contributed by atoms with Crippen LogP contribution in [0.4, 0.5) is 11.4 Å². The van der Waals surface area contributed by atoms with Crippen molar-refractivity contribution in [2.75, 3.05) is 5.32 Å². The van der Waals surface area contributed by atoms with E-state index in [0.717, 1.165) is 37.0 Å². The Bertz CT molecular complexity index is 797. The average Bonchev–Trinajstić information content (AvgIpc) is 2.75. The number of hydrogen-bond acceptors (Lipinski definition) is 2. The maximum absolute atomic E-state index is 12.1. The Labute approximate surface area is 139 Å². The molecular weight excluding hydrogens is 396 g/mol. The fourth-order valence-electron chi connectivity index (χ4n) is 2.25. The van der Waals surface area contributed by atoms with Gasteiger partial charge in [-0.3, -0.25) is 4.79 Å². The molecule has 1 N–H and O–H groups in total. The molecule has 0 aliphatic carbocycles. The van der Waals surface area contributed by atoms with Gasteiger partial charge in [-0.05, 0) is 55.3 Å². The Kier molecular flexibility index (Phi) is 3.71. The number of nitrogens with zero attached hydrogens (tertiary/aromatic N) is 1. The first-order valence-corrected chi connectivity index (χ1v) is 8.01. The molecule has 0 radical (unpaired) electrons. The molecule has 0 fully saturated rings. The Morgan fingerprint density at radius 1 is 1.05 bits per heavy atom. The smallest absolute Gasteiger partial charge is 0.275 e. The summed E-state index contributed by atoms with van der Waals surface area (Å²) in [5, 5.41) is 2.84. The van der Waals surface area contributed by atoms with Gasteiger partial charge in [0.1, 0.15) is 5.71 Å². The molecule has 0 saturated heterocycles. The Hall–Kier alpha value is -1.46. The molecule has 21 heavy (non-hydrogen) atoms. The quantitative estimate of drug-likeness (QED) is 0.717. The van der Waals surface area contributed by atoms with Gasteiger partial charge in [-0.1, -0.05) is 31.9 Å². The third-order valence-electron chi connectivity index (χ3n) is 3.62. The third-order valence-corrected chi connectivity index (χ3v) is 4.98. The van der Waals surface area contributed by atoms with Crippen molar-refractivity contribution in [1.29, 1.82) is 0 Å². The molecule has 0 bridgehead atoms. The molecule has 3 nitrogen and oxygen atoms in total. The van der Waals surface area contributed by atoms with Crippen LogP contribution in [0.3, 0.4) is 0 Å². The predicted octanol–water partition coefficient (Wildman–Crippen LogP) is 4.90. The van der Waals surface area contributed by atoms with E-state index in [4.69, 9.17) is 0 Å². The van der Waals surface area contributed by atoms with Gasteiger partial charge < -0.3 is 5.32 Å². The van der Waals surface area contributed by atoms with Crippen molar-refractivity contribution in [2.45, 2.75) is 13.8 Å². The zero-order valence-corrected chi connectivity index (χ0v) is 14.7. The molecule has 106 valence electrons. The van der Waals surface area contributed by atoms with E-state index >= 15 is 0 Å². The number of amides is 1. The van der Waals surface area contributed by atoms with Gasteiger partial charge in [0.25, 0.3) is 5.91 Å². The number of fused-ring (bicyclic) bond motifs is 1. The van der Waals surface area contributed by atoms with Gasteiger partial charge in [0, 0.05) is 14.5 Å². The second kappa shape index (κ2) is 5.39. The summed E-state index contributed by atoms with van der Waals surface area (Å²) in [5.74, 6) is -0.164. The molecule has 0 unspecified atom stereocenters. The molecule has 0 saturated carbocycles. The van der Waals surface area contributed by atoms with Gasteiger partial charge in [0.15, 0.2) is 0 Å². The molecular formula is C16H12Br2N2O. The largest absolute Gasteiger partial charge is 0.320 e. The number of rotatable bonds is 1. The number of hydrogen-bond donors (Lipinski definition) is 1. The third kappa shape index (κ3) is 2.56. The van der Waals surface area contributed by atoms with Crippen LogP contribution in [0.25, 0.3) is 0 Å². The van der Waals surface area contributed by atoms with Gasteiger partial charge in [-0.25, -0.2) is 4.99 Å². The average molecular weight is 408 g/mol. The van der Waals surface area contributed by atoms with Crippen molar-refractivity contribution < 1.29 is 4.79 Å². The molecule has 5 heteroatoms. The highest BCUT2D eigenvalue weighted by atomic mass is 79.9. The van der Waals surface area contributed by atoms with Crippen LogP contribution in [0.15, 0.2) is 44.3 Å². The molecule has 1 heterocycles. The summed E-state index contributed by atoms with van der Waals surface area (Å²) in [6, 6.07) is 9.56. The molecule has 0 aromatic heterocycles. The zero-order valence-electron chi connectivity index (χ0n) is 11.5. The first-order chi connectivity index (χ1) is 9.97. The summed E-state index contributed by atoms with van der Waals surface area (Å²) >= 11 is 6.94. The number of carbonyl (C=O) groups excluding carboxylic acids is 1. The maximum Gasteiger partial charge on any atom is 0.275 e. The highest BCUT2D eigenvalue weighted by Crippen LogP contribution is 2.32. The Balaban J connectivity index is 2.15. The van der Waals surface area contributed by atoms with E-state index in [1.807, 2.05) is 44.2 Å². The standard InChI is InChI=1S/C16H12Br2N2O/c1-8-9(2)13(6-4-12(8)18)19-15-11-7-10(17)3-5-14(11)20-16(15)21/h3-7H,1-2H3,(H,19,20,21). The minimum atomic E-state index is -0.164. The summed E-state index contributed by atoms with van der Waals surface area (Å²) < 4.78 is 1.97. The van der Waals surface area contributed by atoms with Gasteiger partial charge in [0.2, 0.25) is 0 Å². The van der Waals surface area contributed by atoms with Gasteiger partial charge >= 0.3 is 0 Å².